The van der Waals surface area contributed by atoms with Crippen molar-refractivity contribution in [2.75, 3.05) is 9.71 Å². The van der Waals surface area contributed by atoms with Crippen LogP contribution in [0, 0.1) is 0 Å². The highest BCUT2D eigenvalue weighted by Crippen LogP contribution is 2.63. The lowest BCUT2D eigenvalue weighted by Gasteiger charge is -2.53. The van der Waals surface area contributed by atoms with Crippen molar-refractivity contribution in [2.24, 2.45) is 0 Å². The SMILES string of the molecule is CC(C)(C)c1ccc(N2c3cc4sc5ccccc5c4cc3B3c4c(cc5c(c42)C(C)(C)c2ccccc2-5)-c2cccc4c2N3c2ccccc2C4(c2ccccc2)c2ccccc2)c(-c2ccccc2)c1. The monoisotopic (exact) mass is 938 g/mol. The molecule has 0 bridgehead atoms. The predicted molar refractivity (Wildman–Crippen MR) is 307 cm³/mol. The van der Waals surface area contributed by atoms with E-state index in [1.165, 1.54) is 132 Å². The molecule has 4 heteroatoms. The molecule has 0 fully saturated rings. The zero-order valence-corrected chi connectivity index (χ0v) is 42.0. The van der Waals surface area contributed by atoms with Gasteiger partial charge < -0.3 is 9.71 Å². The highest BCUT2D eigenvalue weighted by atomic mass is 32.1. The van der Waals surface area contributed by atoms with Gasteiger partial charge in [0.2, 0.25) is 0 Å². The normalized spacial score (nSPS) is 15.2. The van der Waals surface area contributed by atoms with Crippen LogP contribution in [-0.2, 0) is 16.2 Å². The Bertz CT molecular complexity index is 4030. The summed E-state index contributed by atoms with van der Waals surface area (Å²) < 4.78 is 2.61. The van der Waals surface area contributed by atoms with Gasteiger partial charge in [0.1, 0.15) is 0 Å². The Hall–Kier alpha value is -7.92. The number of hydrogen-bond acceptors (Lipinski definition) is 3. The van der Waals surface area contributed by atoms with Crippen molar-refractivity contribution in [2.45, 2.75) is 50.9 Å². The van der Waals surface area contributed by atoms with E-state index in [0.717, 1.165) is 0 Å². The number of rotatable bonds is 4. The first-order valence-corrected chi connectivity index (χ1v) is 26.4. The minimum absolute atomic E-state index is 0.0508. The molecule has 0 atom stereocenters. The molecule has 0 saturated carbocycles. The summed E-state index contributed by atoms with van der Waals surface area (Å²) in [7, 11) is 0. The predicted octanol–water partition coefficient (Wildman–Crippen LogP) is 16.7. The second-order valence-corrected chi connectivity index (χ2v) is 23.0. The third-order valence-corrected chi connectivity index (χ3v) is 17.9. The van der Waals surface area contributed by atoms with Gasteiger partial charge in [-0.3, -0.25) is 0 Å². The molecular formula is C68H51BN2S. The molecule has 0 spiro atoms. The van der Waals surface area contributed by atoms with Crippen molar-refractivity contribution >= 4 is 77.7 Å². The van der Waals surface area contributed by atoms with Gasteiger partial charge >= 0.3 is 6.85 Å². The summed E-state index contributed by atoms with van der Waals surface area (Å²) in [6.45, 7) is 11.8. The van der Waals surface area contributed by atoms with E-state index in [1.54, 1.807) is 0 Å². The molecule has 11 aromatic rings. The molecule has 1 aromatic heterocycles. The number of thiophene rings is 1. The topological polar surface area (TPSA) is 6.48 Å². The molecule has 342 valence electrons. The van der Waals surface area contributed by atoms with Crippen LogP contribution in [0.15, 0.2) is 218 Å². The smallest absolute Gasteiger partial charge is 0.333 e. The Kier molecular flexibility index (Phi) is 8.61. The molecule has 2 nitrogen and oxygen atoms in total. The lowest BCUT2D eigenvalue weighted by Crippen LogP contribution is -2.63. The van der Waals surface area contributed by atoms with Gasteiger partial charge in [-0.25, -0.2) is 0 Å². The molecule has 0 radical (unpaired) electrons. The van der Waals surface area contributed by atoms with E-state index < -0.39 is 5.41 Å². The summed E-state index contributed by atoms with van der Waals surface area (Å²) in [5.41, 5.74) is 24.9. The Balaban J connectivity index is 1.16. The molecule has 10 aromatic carbocycles. The number of nitrogens with zero attached hydrogens (tertiary/aromatic N) is 2. The molecule has 0 N–H and O–H groups in total. The van der Waals surface area contributed by atoms with Crippen LogP contribution in [0.1, 0.15) is 73.6 Å². The summed E-state index contributed by atoms with van der Waals surface area (Å²) in [5, 5.41) is 2.62. The van der Waals surface area contributed by atoms with Crippen molar-refractivity contribution < 1.29 is 0 Å². The van der Waals surface area contributed by atoms with E-state index in [0.29, 0.717) is 0 Å². The van der Waals surface area contributed by atoms with Gasteiger partial charge in [0.25, 0.3) is 0 Å². The third-order valence-electron chi connectivity index (χ3n) is 16.8. The minimum Gasteiger partial charge on any atom is -0.376 e. The first-order chi connectivity index (χ1) is 35.1. The first-order valence-electron chi connectivity index (χ1n) is 25.5. The molecule has 72 heavy (non-hydrogen) atoms. The number of fused-ring (bicyclic) bond motifs is 13. The lowest BCUT2D eigenvalue weighted by atomic mass is 9.41. The van der Waals surface area contributed by atoms with Crippen LogP contribution in [0.2, 0.25) is 0 Å². The molecule has 0 amide bonds. The van der Waals surface area contributed by atoms with Crippen molar-refractivity contribution in [1.29, 1.82) is 0 Å². The quantitative estimate of drug-likeness (QED) is 0.162. The number of hydrogen-bond donors (Lipinski definition) is 0. The van der Waals surface area contributed by atoms with Gasteiger partial charge in [0, 0.05) is 59.5 Å². The fourth-order valence-electron chi connectivity index (χ4n) is 13.7. The van der Waals surface area contributed by atoms with Crippen molar-refractivity contribution in [3.63, 3.8) is 0 Å². The van der Waals surface area contributed by atoms with Crippen LogP contribution in [0.3, 0.4) is 0 Å². The van der Waals surface area contributed by atoms with E-state index in [2.05, 4.69) is 263 Å². The summed E-state index contributed by atoms with van der Waals surface area (Å²) in [5.74, 6) is 0. The fourth-order valence-corrected chi connectivity index (χ4v) is 14.8. The van der Waals surface area contributed by atoms with Crippen LogP contribution in [0.4, 0.5) is 28.4 Å². The van der Waals surface area contributed by atoms with Gasteiger partial charge in [0.15, 0.2) is 0 Å². The third kappa shape index (κ3) is 5.45. The molecule has 0 unspecified atom stereocenters. The average molecular weight is 939 g/mol. The van der Waals surface area contributed by atoms with E-state index in [1.807, 2.05) is 11.3 Å². The number of para-hydroxylation sites is 2. The first kappa shape index (κ1) is 41.8. The van der Waals surface area contributed by atoms with Crippen LogP contribution in [-0.4, -0.2) is 6.85 Å². The molecule has 15 rings (SSSR count). The van der Waals surface area contributed by atoms with Crippen LogP contribution >= 0.6 is 11.3 Å². The summed E-state index contributed by atoms with van der Waals surface area (Å²) in [4.78, 5) is 5.52. The van der Waals surface area contributed by atoms with E-state index in [-0.39, 0.29) is 17.7 Å². The molecule has 4 aliphatic rings. The number of benzene rings is 10. The summed E-state index contributed by atoms with van der Waals surface area (Å²) in [6, 6.07) is 83.6. The maximum atomic E-state index is 2.79. The van der Waals surface area contributed by atoms with E-state index in [4.69, 9.17) is 0 Å². The summed E-state index contributed by atoms with van der Waals surface area (Å²) in [6.07, 6.45) is 0. The fraction of sp³-hybridized carbons (Fsp3) is 0.118. The van der Waals surface area contributed by atoms with Gasteiger partial charge in [-0.15, -0.1) is 11.3 Å². The standard InChI is InChI=1S/C68H51BN2S/c1-66(2,3)45-36-37-57(49(38-45)42-22-9-6-10-23-42)70-59-41-61-50(47-29-16-20-35-60(47)72-61)40-56(59)69-63-52(39-51-46-28-15-17-31-53(46)67(4,5)62(51)65(63)70)48-30-21-33-55-64(48)71(69)58-34-19-18-32-54(58)68(55,43-24-11-7-12-25-43)44-26-13-8-14-27-44/h6-41H,1-5H3. The van der Waals surface area contributed by atoms with Crippen molar-refractivity contribution in [1.82, 2.24) is 0 Å². The average Bonchev–Trinajstić information content (AvgIpc) is 3.90. The number of anilines is 5. The molecule has 1 aliphatic carbocycles. The van der Waals surface area contributed by atoms with Gasteiger partial charge in [-0.05, 0) is 114 Å². The second-order valence-electron chi connectivity index (χ2n) is 21.9. The second kappa shape index (κ2) is 14.8. The highest BCUT2D eigenvalue weighted by Gasteiger charge is 2.55. The van der Waals surface area contributed by atoms with Crippen molar-refractivity contribution in [3.8, 4) is 33.4 Å². The summed E-state index contributed by atoms with van der Waals surface area (Å²) >= 11 is 1.91. The highest BCUT2D eigenvalue weighted by molar-refractivity contribution is 7.26. The van der Waals surface area contributed by atoms with Crippen LogP contribution in [0.5, 0.6) is 0 Å². The largest absolute Gasteiger partial charge is 0.376 e. The minimum atomic E-state index is -0.594. The van der Waals surface area contributed by atoms with Crippen LogP contribution < -0.4 is 20.6 Å². The Morgan fingerprint density at radius 3 is 1.83 bits per heavy atom. The van der Waals surface area contributed by atoms with Gasteiger partial charge in [-0.2, -0.15) is 0 Å². The maximum absolute atomic E-state index is 2.79. The Labute approximate surface area is 426 Å². The molecular weight excluding hydrogens is 888 g/mol. The van der Waals surface area contributed by atoms with Gasteiger partial charge in [-0.1, -0.05) is 217 Å². The lowest BCUT2D eigenvalue weighted by molar-refractivity contribution is 0.590. The van der Waals surface area contributed by atoms with Crippen molar-refractivity contribution in [3.05, 3.63) is 257 Å². The maximum Gasteiger partial charge on any atom is 0.333 e. The Morgan fingerprint density at radius 1 is 0.444 bits per heavy atom. The van der Waals surface area contributed by atoms with Crippen LogP contribution in [0.25, 0.3) is 53.6 Å². The zero-order chi connectivity index (χ0) is 48.3. The van der Waals surface area contributed by atoms with E-state index >= 15 is 0 Å². The molecule has 0 saturated heterocycles. The Morgan fingerprint density at radius 2 is 1.08 bits per heavy atom. The van der Waals surface area contributed by atoms with E-state index in [9.17, 15) is 0 Å². The molecule has 4 heterocycles. The zero-order valence-electron chi connectivity index (χ0n) is 41.2. The molecule has 3 aliphatic heterocycles. The van der Waals surface area contributed by atoms with Gasteiger partial charge in [0.05, 0.1) is 11.1 Å².